The quantitative estimate of drug-likeness (QED) is 0.352. The summed E-state index contributed by atoms with van der Waals surface area (Å²) in [6.45, 7) is 3.65. The van der Waals surface area contributed by atoms with E-state index in [1.807, 2.05) is 6.92 Å². The fourth-order valence-corrected chi connectivity index (χ4v) is 5.73. The van der Waals surface area contributed by atoms with Gasteiger partial charge >= 0.3 is 11.9 Å². The van der Waals surface area contributed by atoms with Crippen molar-refractivity contribution in [3.63, 3.8) is 0 Å². The Balaban J connectivity index is 1.80. The predicted octanol–water partition coefficient (Wildman–Crippen LogP) is 4.28. The van der Waals surface area contributed by atoms with Gasteiger partial charge in [-0.3, -0.25) is 9.59 Å². The van der Waals surface area contributed by atoms with Gasteiger partial charge < -0.3 is 24.6 Å². The van der Waals surface area contributed by atoms with Crippen LogP contribution in [0.2, 0.25) is 0 Å². The Morgan fingerprint density at radius 1 is 1.08 bits per heavy atom. The van der Waals surface area contributed by atoms with Crippen molar-refractivity contribution in [1.29, 1.82) is 0 Å². The number of ether oxygens (including phenoxy) is 3. The molecule has 0 unspecified atom stereocenters. The highest BCUT2D eigenvalue weighted by atomic mass is 16.5. The van der Waals surface area contributed by atoms with Crippen molar-refractivity contribution in [2.75, 3.05) is 14.2 Å². The second-order valence-electron chi connectivity index (χ2n) is 9.99. The van der Waals surface area contributed by atoms with Gasteiger partial charge in [-0.2, -0.15) is 0 Å². The predicted molar refractivity (Wildman–Crippen MR) is 132 cm³/mol. The largest absolute Gasteiger partial charge is 0.504 e. The number of carbonyl (C=O) groups is 3. The summed E-state index contributed by atoms with van der Waals surface area (Å²) in [5, 5.41) is 13.5. The molecule has 0 saturated heterocycles. The summed E-state index contributed by atoms with van der Waals surface area (Å²) in [5.74, 6) is -3.26. The lowest BCUT2D eigenvalue weighted by molar-refractivity contribution is -0.151. The van der Waals surface area contributed by atoms with E-state index in [0.717, 1.165) is 38.5 Å². The molecular formula is C28H35NO7. The summed E-state index contributed by atoms with van der Waals surface area (Å²) in [4.78, 5) is 40.1. The lowest BCUT2D eigenvalue weighted by Crippen LogP contribution is -2.43. The molecule has 8 nitrogen and oxygen atoms in total. The topological polar surface area (TPSA) is 111 Å². The van der Waals surface area contributed by atoms with Gasteiger partial charge in [0, 0.05) is 22.9 Å². The maximum Gasteiger partial charge on any atom is 0.337 e. The van der Waals surface area contributed by atoms with E-state index in [1.165, 1.54) is 20.3 Å². The van der Waals surface area contributed by atoms with Crippen LogP contribution >= 0.6 is 0 Å². The Labute approximate surface area is 211 Å². The van der Waals surface area contributed by atoms with Crippen LogP contribution in [0.5, 0.6) is 11.5 Å². The van der Waals surface area contributed by atoms with Gasteiger partial charge in [-0.05, 0) is 62.6 Å². The van der Waals surface area contributed by atoms with E-state index in [-0.39, 0.29) is 29.3 Å². The van der Waals surface area contributed by atoms with E-state index < -0.39 is 23.8 Å². The summed E-state index contributed by atoms with van der Waals surface area (Å²) in [6.07, 6.45) is 6.20. The summed E-state index contributed by atoms with van der Waals surface area (Å²) >= 11 is 0. The molecule has 2 N–H and O–H groups in total. The van der Waals surface area contributed by atoms with Crippen molar-refractivity contribution in [2.45, 2.75) is 70.8 Å². The van der Waals surface area contributed by atoms with Crippen molar-refractivity contribution < 1.29 is 33.7 Å². The number of hydrogen-bond donors (Lipinski definition) is 2. The normalized spacial score (nSPS) is 25.0. The molecule has 1 fully saturated rings. The third-order valence-corrected chi connectivity index (χ3v) is 7.58. The van der Waals surface area contributed by atoms with Gasteiger partial charge in [0.2, 0.25) is 0 Å². The lowest BCUT2D eigenvalue weighted by atomic mass is 9.69. The van der Waals surface area contributed by atoms with E-state index in [4.69, 9.17) is 14.2 Å². The van der Waals surface area contributed by atoms with Crippen molar-refractivity contribution in [1.82, 2.24) is 5.32 Å². The highest BCUT2D eigenvalue weighted by Gasteiger charge is 2.47. The Hall–Kier alpha value is -3.29. The minimum atomic E-state index is -0.963. The molecule has 1 heterocycles. The first-order valence-electron chi connectivity index (χ1n) is 12.7. The number of aromatic hydroxyl groups is 1. The molecule has 3 aliphatic rings. The van der Waals surface area contributed by atoms with Crippen LogP contribution in [0.25, 0.3) is 0 Å². The number of carbonyl (C=O) groups excluding carboxylic acids is 3. The molecule has 2 aliphatic carbocycles. The number of hydrogen-bond acceptors (Lipinski definition) is 8. The Morgan fingerprint density at radius 2 is 1.78 bits per heavy atom. The second kappa shape index (κ2) is 10.8. The molecule has 0 radical (unpaired) electrons. The summed E-state index contributed by atoms with van der Waals surface area (Å²) in [5.41, 5.74) is 2.58. The number of ketones is 1. The van der Waals surface area contributed by atoms with Crippen LogP contribution in [0.4, 0.5) is 0 Å². The molecule has 1 aromatic carbocycles. The molecule has 3 atom stereocenters. The minimum absolute atomic E-state index is 0.0521. The minimum Gasteiger partial charge on any atom is -0.504 e. The van der Waals surface area contributed by atoms with Crippen LogP contribution in [-0.2, 0) is 23.9 Å². The molecule has 36 heavy (non-hydrogen) atoms. The average Bonchev–Trinajstić information content (AvgIpc) is 3.11. The molecule has 8 heteroatoms. The fraction of sp³-hybridized carbons (Fsp3) is 0.536. The fourth-order valence-electron chi connectivity index (χ4n) is 5.73. The van der Waals surface area contributed by atoms with Crippen LogP contribution in [0.1, 0.15) is 70.3 Å². The SMILES string of the molecule is COC(=O)[C@H]1C(=O)C2=C(C[C@H]1C)NC(C)=C(C(=O)OC1CCCCCC1)[C@@H]2c1ccc(O)c(OC)c1. The van der Waals surface area contributed by atoms with Gasteiger partial charge in [-0.1, -0.05) is 25.8 Å². The first-order chi connectivity index (χ1) is 17.3. The van der Waals surface area contributed by atoms with E-state index in [2.05, 4.69) is 5.32 Å². The van der Waals surface area contributed by atoms with Crippen molar-refractivity contribution >= 4 is 17.7 Å². The number of nitrogens with one attached hydrogen (secondary N) is 1. The number of esters is 2. The van der Waals surface area contributed by atoms with Crippen molar-refractivity contribution in [3.8, 4) is 11.5 Å². The zero-order valence-electron chi connectivity index (χ0n) is 21.4. The van der Waals surface area contributed by atoms with Crippen LogP contribution in [0, 0.1) is 11.8 Å². The molecular weight excluding hydrogens is 462 g/mol. The van der Waals surface area contributed by atoms with Gasteiger partial charge in [0.05, 0.1) is 19.8 Å². The van der Waals surface area contributed by atoms with E-state index in [1.54, 1.807) is 19.1 Å². The summed E-state index contributed by atoms with van der Waals surface area (Å²) in [7, 11) is 2.71. The Bertz CT molecular complexity index is 1110. The molecule has 1 aromatic rings. The number of dihydropyridines is 1. The van der Waals surface area contributed by atoms with Gasteiger partial charge in [-0.15, -0.1) is 0 Å². The first-order valence-corrected chi connectivity index (χ1v) is 12.7. The summed E-state index contributed by atoms with van der Waals surface area (Å²) < 4.78 is 16.3. The van der Waals surface area contributed by atoms with Gasteiger partial charge in [0.1, 0.15) is 12.0 Å². The molecule has 194 valence electrons. The molecule has 0 bridgehead atoms. The maximum atomic E-state index is 13.8. The third-order valence-electron chi connectivity index (χ3n) is 7.58. The van der Waals surface area contributed by atoms with Gasteiger partial charge in [0.15, 0.2) is 17.3 Å². The second-order valence-corrected chi connectivity index (χ2v) is 9.99. The number of benzene rings is 1. The zero-order valence-corrected chi connectivity index (χ0v) is 21.4. The number of rotatable bonds is 5. The first kappa shape index (κ1) is 25.8. The van der Waals surface area contributed by atoms with E-state index in [0.29, 0.717) is 34.5 Å². The molecule has 0 spiro atoms. The molecule has 0 aromatic heterocycles. The third kappa shape index (κ3) is 4.86. The van der Waals surface area contributed by atoms with Crippen molar-refractivity contribution in [3.05, 3.63) is 46.3 Å². The molecule has 1 saturated carbocycles. The Kier molecular flexibility index (Phi) is 7.71. The van der Waals surface area contributed by atoms with Crippen molar-refractivity contribution in [2.24, 2.45) is 11.8 Å². The highest BCUT2D eigenvalue weighted by Crippen LogP contribution is 2.47. The van der Waals surface area contributed by atoms with E-state index >= 15 is 0 Å². The molecule has 1 aliphatic heterocycles. The summed E-state index contributed by atoms with van der Waals surface area (Å²) in [6, 6.07) is 4.78. The standard InChI is InChI=1S/C28H35NO7/c1-15-13-19-25(26(31)22(15)27(32)35-4)24(17-11-12-20(30)21(14-17)34-3)23(16(2)29-19)28(33)36-18-9-7-5-6-8-10-18/h11-12,14-15,18,22,24,29-30H,5-10,13H2,1-4H3/t15-,22-,24+/m1/s1. The van der Waals surface area contributed by atoms with Crippen LogP contribution in [0.3, 0.4) is 0 Å². The van der Waals surface area contributed by atoms with E-state index in [9.17, 15) is 19.5 Å². The molecule has 4 rings (SSSR count). The highest BCUT2D eigenvalue weighted by molar-refractivity contribution is 6.12. The molecule has 0 amide bonds. The van der Waals surface area contributed by atoms with Gasteiger partial charge in [-0.25, -0.2) is 4.79 Å². The van der Waals surface area contributed by atoms with Gasteiger partial charge in [0.25, 0.3) is 0 Å². The number of allylic oxidation sites excluding steroid dienone is 3. The van der Waals surface area contributed by atoms with Crippen LogP contribution < -0.4 is 10.1 Å². The zero-order chi connectivity index (χ0) is 26.0. The number of Topliss-reactive ketones (excluding diaryl/α,β-unsaturated/α-hetero) is 1. The smallest absolute Gasteiger partial charge is 0.337 e. The lowest BCUT2D eigenvalue weighted by Gasteiger charge is -2.38. The number of phenols is 1. The maximum absolute atomic E-state index is 13.8. The average molecular weight is 498 g/mol. The van der Waals surface area contributed by atoms with Crippen LogP contribution in [0.15, 0.2) is 40.7 Å². The Morgan fingerprint density at radius 3 is 2.42 bits per heavy atom. The van der Waals surface area contributed by atoms with Crippen LogP contribution in [-0.4, -0.2) is 43.2 Å². The number of phenolic OH excluding ortho intramolecular Hbond substituents is 1. The number of methoxy groups -OCH3 is 2. The monoisotopic (exact) mass is 497 g/mol.